The van der Waals surface area contributed by atoms with Gasteiger partial charge in [0.2, 0.25) is 6.79 Å². The van der Waals surface area contributed by atoms with E-state index in [1.807, 2.05) is 18.2 Å². The summed E-state index contributed by atoms with van der Waals surface area (Å²) in [6.45, 7) is 4.73. The minimum absolute atomic E-state index is 0.0512. The van der Waals surface area contributed by atoms with Crippen molar-refractivity contribution in [2.45, 2.75) is 31.9 Å². The highest BCUT2D eigenvalue weighted by Crippen LogP contribution is 2.51. The van der Waals surface area contributed by atoms with E-state index in [2.05, 4.69) is 30.0 Å². The molecule has 5 nitrogen and oxygen atoms in total. The van der Waals surface area contributed by atoms with Gasteiger partial charge in [0, 0.05) is 42.1 Å². The van der Waals surface area contributed by atoms with Crippen LogP contribution in [0.2, 0.25) is 0 Å². The first-order valence-corrected chi connectivity index (χ1v) is 9.73. The summed E-state index contributed by atoms with van der Waals surface area (Å²) in [6.07, 6.45) is 2.52. The number of likely N-dealkylation sites (tertiary alicyclic amines) is 1. The summed E-state index contributed by atoms with van der Waals surface area (Å²) >= 11 is 0. The van der Waals surface area contributed by atoms with E-state index in [0.717, 1.165) is 41.7 Å². The van der Waals surface area contributed by atoms with Gasteiger partial charge in [-0.05, 0) is 25.0 Å². The van der Waals surface area contributed by atoms with Gasteiger partial charge in [-0.25, -0.2) is 0 Å². The number of methoxy groups -OCH3 is 1. The number of hydrogen-bond donors (Lipinski definition) is 0. The fourth-order valence-electron chi connectivity index (χ4n) is 4.75. The molecule has 0 spiro atoms. The van der Waals surface area contributed by atoms with Gasteiger partial charge < -0.3 is 18.9 Å². The molecule has 0 bridgehead atoms. The van der Waals surface area contributed by atoms with Crippen molar-refractivity contribution >= 4 is 0 Å². The van der Waals surface area contributed by atoms with E-state index in [1.54, 1.807) is 7.11 Å². The van der Waals surface area contributed by atoms with Crippen LogP contribution in [-0.4, -0.2) is 38.1 Å². The fourth-order valence-corrected chi connectivity index (χ4v) is 4.75. The molecule has 0 radical (unpaired) electrons. The Morgan fingerprint density at radius 1 is 0.963 bits per heavy atom. The standard InChI is InChI=1S/C22H25NO4/c1-14-21(15-7-3-4-8-17(15)24-2)16-11-19-20(26-13-25-19)12-18(16)27-22(14)23-9-5-6-10-23/h3-4,7-8,11-12,14,21-22H,5-6,9-10,13H2,1-2H3/t14-,21+,22-/m0/s1. The molecule has 0 unspecified atom stereocenters. The van der Waals surface area contributed by atoms with Crippen LogP contribution in [0.25, 0.3) is 0 Å². The molecule has 3 heterocycles. The van der Waals surface area contributed by atoms with Crippen LogP contribution < -0.4 is 18.9 Å². The van der Waals surface area contributed by atoms with Gasteiger partial charge in [0.15, 0.2) is 17.7 Å². The van der Waals surface area contributed by atoms with Crippen molar-refractivity contribution in [1.29, 1.82) is 0 Å². The summed E-state index contributed by atoms with van der Waals surface area (Å²) in [5, 5.41) is 0. The molecule has 3 aliphatic rings. The summed E-state index contributed by atoms with van der Waals surface area (Å²) < 4.78 is 23.5. The maximum atomic E-state index is 6.53. The zero-order valence-electron chi connectivity index (χ0n) is 15.8. The minimum atomic E-state index is 0.0512. The van der Waals surface area contributed by atoms with Gasteiger partial charge >= 0.3 is 0 Å². The summed E-state index contributed by atoms with van der Waals surface area (Å²) in [7, 11) is 1.74. The predicted molar refractivity (Wildman–Crippen MR) is 102 cm³/mol. The quantitative estimate of drug-likeness (QED) is 0.820. The van der Waals surface area contributed by atoms with E-state index in [9.17, 15) is 0 Å². The topological polar surface area (TPSA) is 40.2 Å². The summed E-state index contributed by atoms with van der Waals surface area (Å²) in [5.74, 6) is 3.83. The van der Waals surface area contributed by atoms with E-state index in [0.29, 0.717) is 0 Å². The van der Waals surface area contributed by atoms with Gasteiger partial charge in [0.05, 0.1) is 7.11 Å². The molecule has 3 atom stereocenters. The lowest BCUT2D eigenvalue weighted by atomic mass is 9.77. The van der Waals surface area contributed by atoms with Gasteiger partial charge in [0.25, 0.3) is 0 Å². The third kappa shape index (κ3) is 2.72. The Balaban J connectivity index is 1.65. The predicted octanol–water partition coefficient (Wildman–Crippen LogP) is 4.01. The van der Waals surface area contributed by atoms with E-state index < -0.39 is 0 Å². The molecule has 0 aliphatic carbocycles. The molecule has 1 saturated heterocycles. The lowest BCUT2D eigenvalue weighted by Gasteiger charge is -2.42. The van der Waals surface area contributed by atoms with E-state index in [4.69, 9.17) is 18.9 Å². The summed E-state index contributed by atoms with van der Waals surface area (Å²) in [5.41, 5.74) is 2.34. The lowest BCUT2D eigenvalue weighted by Crippen LogP contribution is -2.47. The van der Waals surface area contributed by atoms with Gasteiger partial charge in [-0.1, -0.05) is 25.1 Å². The SMILES string of the molecule is COc1ccccc1[C@@H]1c2cc3c(cc2O[C@H](N2CCCC2)[C@H]1C)OCO3. The summed E-state index contributed by atoms with van der Waals surface area (Å²) in [4.78, 5) is 2.47. The Morgan fingerprint density at radius 2 is 1.70 bits per heavy atom. The van der Waals surface area contributed by atoms with Crippen molar-refractivity contribution in [1.82, 2.24) is 4.90 Å². The van der Waals surface area contributed by atoms with E-state index >= 15 is 0 Å². The highest BCUT2D eigenvalue weighted by molar-refractivity contribution is 5.57. The molecule has 5 heteroatoms. The molecule has 0 aromatic heterocycles. The van der Waals surface area contributed by atoms with Crippen LogP contribution in [0.1, 0.15) is 36.8 Å². The first kappa shape index (κ1) is 16.8. The number of nitrogens with zero attached hydrogens (tertiary/aromatic N) is 1. The van der Waals surface area contributed by atoms with Crippen LogP contribution in [-0.2, 0) is 0 Å². The molecule has 0 saturated carbocycles. The van der Waals surface area contributed by atoms with Crippen molar-refractivity contribution < 1.29 is 18.9 Å². The number of ether oxygens (including phenoxy) is 4. The zero-order chi connectivity index (χ0) is 18.4. The lowest BCUT2D eigenvalue weighted by molar-refractivity contribution is -0.0180. The maximum absolute atomic E-state index is 6.53. The Labute approximate surface area is 159 Å². The molecule has 5 rings (SSSR count). The van der Waals surface area contributed by atoms with Gasteiger partial charge in [-0.2, -0.15) is 0 Å². The molecule has 2 aromatic carbocycles. The van der Waals surface area contributed by atoms with Gasteiger partial charge in [-0.3, -0.25) is 4.90 Å². The third-order valence-electron chi connectivity index (χ3n) is 6.04. The molecular weight excluding hydrogens is 342 g/mol. The van der Waals surface area contributed by atoms with E-state index in [-0.39, 0.29) is 24.9 Å². The van der Waals surface area contributed by atoms with Crippen molar-refractivity contribution in [3.63, 3.8) is 0 Å². The molecule has 142 valence electrons. The minimum Gasteiger partial charge on any atom is -0.496 e. The molecule has 3 aliphatic heterocycles. The zero-order valence-corrected chi connectivity index (χ0v) is 15.8. The average Bonchev–Trinajstić information content (AvgIpc) is 3.37. The number of fused-ring (bicyclic) bond motifs is 2. The second-order valence-electron chi connectivity index (χ2n) is 7.57. The first-order valence-electron chi connectivity index (χ1n) is 9.73. The smallest absolute Gasteiger partial charge is 0.231 e. The molecular formula is C22H25NO4. The Bertz CT molecular complexity index is 846. The van der Waals surface area contributed by atoms with Crippen LogP contribution in [0, 0.1) is 5.92 Å². The fraction of sp³-hybridized carbons (Fsp3) is 0.455. The normalized spacial score (nSPS) is 26.5. The second kappa shape index (κ2) is 6.64. The Morgan fingerprint density at radius 3 is 2.48 bits per heavy atom. The number of benzene rings is 2. The van der Waals surface area contributed by atoms with Crippen LogP contribution in [0.15, 0.2) is 36.4 Å². The molecule has 1 fully saturated rings. The first-order chi connectivity index (χ1) is 13.3. The highest BCUT2D eigenvalue weighted by atomic mass is 16.7. The largest absolute Gasteiger partial charge is 0.496 e. The second-order valence-corrected chi connectivity index (χ2v) is 7.57. The van der Waals surface area contributed by atoms with Crippen LogP contribution in [0.3, 0.4) is 0 Å². The molecule has 27 heavy (non-hydrogen) atoms. The van der Waals surface area contributed by atoms with Crippen LogP contribution in [0.4, 0.5) is 0 Å². The van der Waals surface area contributed by atoms with Crippen LogP contribution >= 0.6 is 0 Å². The Hall–Kier alpha value is -2.40. The number of para-hydroxylation sites is 1. The van der Waals surface area contributed by atoms with Gasteiger partial charge in [0.1, 0.15) is 11.5 Å². The third-order valence-corrected chi connectivity index (χ3v) is 6.04. The van der Waals surface area contributed by atoms with Crippen LogP contribution in [0.5, 0.6) is 23.0 Å². The van der Waals surface area contributed by atoms with Crippen molar-refractivity contribution in [2.75, 3.05) is 27.0 Å². The van der Waals surface area contributed by atoms with E-state index in [1.165, 1.54) is 18.4 Å². The Kier molecular flexibility index (Phi) is 4.12. The van der Waals surface area contributed by atoms with Crippen molar-refractivity contribution in [3.05, 3.63) is 47.5 Å². The monoisotopic (exact) mass is 367 g/mol. The summed E-state index contributed by atoms with van der Waals surface area (Å²) in [6, 6.07) is 12.4. The number of rotatable bonds is 3. The van der Waals surface area contributed by atoms with Crippen molar-refractivity contribution in [3.8, 4) is 23.0 Å². The van der Waals surface area contributed by atoms with Gasteiger partial charge in [-0.15, -0.1) is 0 Å². The average molecular weight is 367 g/mol. The van der Waals surface area contributed by atoms with Crippen molar-refractivity contribution in [2.24, 2.45) is 5.92 Å². The molecule has 2 aromatic rings. The highest BCUT2D eigenvalue weighted by Gasteiger charge is 2.42. The number of hydrogen-bond acceptors (Lipinski definition) is 5. The maximum Gasteiger partial charge on any atom is 0.231 e. The molecule has 0 amide bonds. The molecule has 0 N–H and O–H groups in total.